The Bertz CT molecular complexity index is 471. The maximum absolute atomic E-state index is 10.6. The summed E-state index contributed by atoms with van der Waals surface area (Å²) in [5.41, 5.74) is 2.50. The van der Waals surface area contributed by atoms with Gasteiger partial charge in [0.15, 0.2) is 0 Å². The van der Waals surface area contributed by atoms with Crippen LogP contribution >= 0.6 is 11.8 Å². The van der Waals surface area contributed by atoms with Crippen LogP contribution in [0.4, 0.5) is 0 Å². The highest BCUT2D eigenvalue weighted by molar-refractivity contribution is 7.99. The largest absolute Gasteiger partial charge is 0.478 e. The number of nitrogens with one attached hydrogen (secondary N) is 1. The summed E-state index contributed by atoms with van der Waals surface area (Å²) in [4.78, 5) is 11.9. The number of aliphatic carboxylic acids is 1. The molecule has 18 heavy (non-hydrogen) atoms. The van der Waals surface area contributed by atoms with Gasteiger partial charge in [0.05, 0.1) is 6.04 Å². The third-order valence-electron chi connectivity index (χ3n) is 3.03. The molecular formula is C14H17NO2S. The van der Waals surface area contributed by atoms with Gasteiger partial charge in [0.2, 0.25) is 0 Å². The molecule has 2 N–H and O–H groups in total. The lowest BCUT2D eigenvalue weighted by atomic mass is 10.0. The summed E-state index contributed by atoms with van der Waals surface area (Å²) in [6.07, 6.45) is 5.21. The van der Waals surface area contributed by atoms with Gasteiger partial charge < -0.3 is 10.4 Å². The molecule has 0 spiro atoms. The van der Waals surface area contributed by atoms with Crippen LogP contribution in [0.5, 0.6) is 0 Å². The van der Waals surface area contributed by atoms with E-state index >= 15 is 0 Å². The van der Waals surface area contributed by atoms with E-state index in [0.29, 0.717) is 0 Å². The van der Waals surface area contributed by atoms with Crippen LogP contribution in [0, 0.1) is 0 Å². The fourth-order valence-electron chi connectivity index (χ4n) is 2.13. The molecule has 2 rings (SSSR count). The molecule has 0 fully saturated rings. The van der Waals surface area contributed by atoms with Crippen molar-refractivity contribution in [1.82, 2.24) is 5.32 Å². The number of hydrogen-bond donors (Lipinski definition) is 2. The van der Waals surface area contributed by atoms with Crippen molar-refractivity contribution in [2.24, 2.45) is 0 Å². The number of likely N-dealkylation sites (N-methyl/N-ethyl adjacent to an activating group) is 1. The number of hydrogen-bond acceptors (Lipinski definition) is 3. The van der Waals surface area contributed by atoms with Gasteiger partial charge in [0, 0.05) is 11.0 Å². The second-order valence-electron chi connectivity index (χ2n) is 4.28. The van der Waals surface area contributed by atoms with Crippen LogP contribution < -0.4 is 5.32 Å². The number of carboxylic acid groups (broad SMARTS) is 1. The van der Waals surface area contributed by atoms with Crippen LogP contribution in [0.1, 0.15) is 23.6 Å². The van der Waals surface area contributed by atoms with E-state index in [2.05, 4.69) is 23.5 Å². The van der Waals surface area contributed by atoms with E-state index < -0.39 is 5.97 Å². The third-order valence-corrected chi connectivity index (χ3v) is 4.24. The van der Waals surface area contributed by atoms with Crippen molar-refractivity contribution in [3.05, 3.63) is 41.5 Å². The van der Waals surface area contributed by atoms with Crippen molar-refractivity contribution in [1.29, 1.82) is 0 Å². The quantitative estimate of drug-likeness (QED) is 0.820. The van der Waals surface area contributed by atoms with Gasteiger partial charge in [0.25, 0.3) is 0 Å². The zero-order valence-electron chi connectivity index (χ0n) is 10.3. The first-order valence-electron chi connectivity index (χ1n) is 6.04. The molecule has 0 saturated heterocycles. The lowest BCUT2D eigenvalue weighted by Gasteiger charge is -2.19. The number of aryl methyl sites for hydroxylation is 1. The minimum absolute atomic E-state index is 0.0432. The molecule has 1 aliphatic rings. The Morgan fingerprint density at radius 3 is 3.11 bits per heavy atom. The van der Waals surface area contributed by atoms with E-state index in [1.807, 2.05) is 18.8 Å². The molecular weight excluding hydrogens is 246 g/mol. The van der Waals surface area contributed by atoms with E-state index in [9.17, 15) is 4.79 Å². The Balaban J connectivity index is 2.23. The lowest BCUT2D eigenvalue weighted by Crippen LogP contribution is -2.15. The zero-order valence-corrected chi connectivity index (χ0v) is 11.2. The van der Waals surface area contributed by atoms with Crippen molar-refractivity contribution in [2.45, 2.75) is 23.8 Å². The summed E-state index contributed by atoms with van der Waals surface area (Å²) in [5, 5.41) is 11.8. The minimum atomic E-state index is -0.913. The number of fused-ring (bicyclic) bond motifs is 1. The van der Waals surface area contributed by atoms with Gasteiger partial charge in [-0.1, -0.05) is 18.2 Å². The van der Waals surface area contributed by atoms with Crippen LogP contribution in [0.25, 0.3) is 0 Å². The smallest absolute Gasteiger partial charge is 0.328 e. The Morgan fingerprint density at radius 2 is 2.39 bits per heavy atom. The minimum Gasteiger partial charge on any atom is -0.478 e. The SMILES string of the molecule is CNC(/C=C/C(=O)O)c1ccc2c(c1)CCCS2. The summed E-state index contributed by atoms with van der Waals surface area (Å²) in [6.45, 7) is 0. The molecule has 0 saturated carbocycles. The molecule has 1 aromatic carbocycles. The first kappa shape index (κ1) is 13.2. The zero-order chi connectivity index (χ0) is 13.0. The normalized spacial score (nSPS) is 16.5. The van der Waals surface area contributed by atoms with Crippen molar-refractivity contribution in [3.63, 3.8) is 0 Å². The lowest BCUT2D eigenvalue weighted by molar-refractivity contribution is -0.131. The molecule has 4 heteroatoms. The molecule has 0 radical (unpaired) electrons. The van der Waals surface area contributed by atoms with Crippen LogP contribution in [0.2, 0.25) is 0 Å². The number of carbonyl (C=O) groups is 1. The van der Waals surface area contributed by atoms with E-state index in [4.69, 9.17) is 5.11 Å². The van der Waals surface area contributed by atoms with Crippen LogP contribution in [-0.4, -0.2) is 23.9 Å². The molecule has 0 aromatic heterocycles. The van der Waals surface area contributed by atoms with Crippen LogP contribution in [0.3, 0.4) is 0 Å². The first-order chi connectivity index (χ1) is 8.70. The van der Waals surface area contributed by atoms with Gasteiger partial charge in [-0.3, -0.25) is 0 Å². The molecule has 1 aromatic rings. The third kappa shape index (κ3) is 3.15. The molecule has 96 valence electrons. The monoisotopic (exact) mass is 263 g/mol. The fraction of sp³-hybridized carbons (Fsp3) is 0.357. The molecule has 0 bridgehead atoms. The number of carboxylic acids is 1. The second-order valence-corrected chi connectivity index (χ2v) is 5.42. The van der Waals surface area contributed by atoms with Crippen molar-refractivity contribution >= 4 is 17.7 Å². The van der Waals surface area contributed by atoms with Gasteiger partial charge >= 0.3 is 5.97 Å². The van der Waals surface area contributed by atoms with Crippen molar-refractivity contribution in [3.8, 4) is 0 Å². The molecule has 0 aliphatic carbocycles. The predicted octanol–water partition coefficient (Wildman–Crippen LogP) is 2.63. The number of rotatable bonds is 4. The molecule has 1 atom stereocenters. The Hall–Kier alpha value is -1.26. The Labute approximate surface area is 111 Å². The van der Waals surface area contributed by atoms with Gasteiger partial charge in [-0.25, -0.2) is 4.79 Å². The molecule has 1 heterocycles. The van der Waals surface area contributed by atoms with E-state index in [1.165, 1.54) is 28.7 Å². The van der Waals surface area contributed by atoms with E-state index in [-0.39, 0.29) is 6.04 Å². The first-order valence-corrected chi connectivity index (χ1v) is 7.03. The topological polar surface area (TPSA) is 49.3 Å². The average molecular weight is 263 g/mol. The average Bonchev–Trinajstić information content (AvgIpc) is 2.39. The maximum Gasteiger partial charge on any atom is 0.328 e. The van der Waals surface area contributed by atoms with Gasteiger partial charge in [-0.05, 0) is 42.8 Å². The van der Waals surface area contributed by atoms with Crippen LogP contribution in [0.15, 0.2) is 35.2 Å². The summed E-state index contributed by atoms with van der Waals surface area (Å²) in [5.74, 6) is 0.282. The van der Waals surface area contributed by atoms with Gasteiger partial charge in [-0.2, -0.15) is 0 Å². The van der Waals surface area contributed by atoms with Gasteiger partial charge in [0.1, 0.15) is 0 Å². The second kappa shape index (κ2) is 6.07. The molecule has 1 aliphatic heterocycles. The number of thioether (sulfide) groups is 1. The summed E-state index contributed by atoms with van der Waals surface area (Å²) < 4.78 is 0. The van der Waals surface area contributed by atoms with Crippen LogP contribution in [-0.2, 0) is 11.2 Å². The fourth-order valence-corrected chi connectivity index (χ4v) is 3.15. The van der Waals surface area contributed by atoms with Crippen molar-refractivity contribution < 1.29 is 9.90 Å². The molecule has 3 nitrogen and oxygen atoms in total. The number of benzene rings is 1. The van der Waals surface area contributed by atoms with E-state index in [0.717, 1.165) is 12.0 Å². The summed E-state index contributed by atoms with van der Waals surface area (Å²) >= 11 is 1.90. The Kier molecular flexibility index (Phi) is 4.44. The highest BCUT2D eigenvalue weighted by atomic mass is 32.2. The summed E-state index contributed by atoms with van der Waals surface area (Å²) in [6, 6.07) is 6.37. The highest BCUT2D eigenvalue weighted by Gasteiger charge is 2.13. The van der Waals surface area contributed by atoms with Gasteiger partial charge in [-0.15, -0.1) is 11.8 Å². The molecule has 0 amide bonds. The Morgan fingerprint density at radius 1 is 1.56 bits per heavy atom. The summed E-state index contributed by atoms with van der Waals surface area (Å²) in [7, 11) is 1.84. The molecule has 1 unspecified atom stereocenters. The standard InChI is InChI=1S/C14H17NO2S/c1-15-12(5-7-14(16)17)10-4-6-13-11(9-10)3-2-8-18-13/h4-7,9,12,15H,2-3,8H2,1H3,(H,16,17)/b7-5+. The maximum atomic E-state index is 10.6. The van der Waals surface area contributed by atoms with Crippen molar-refractivity contribution in [2.75, 3.05) is 12.8 Å². The predicted molar refractivity (Wildman–Crippen MR) is 74.1 cm³/mol. The highest BCUT2D eigenvalue weighted by Crippen LogP contribution is 2.31. The van der Waals surface area contributed by atoms with E-state index in [1.54, 1.807) is 6.08 Å².